The highest BCUT2D eigenvalue weighted by Crippen LogP contribution is 2.44. The normalized spacial score (nSPS) is 16.2. The van der Waals surface area contributed by atoms with Crippen LogP contribution in [0, 0.1) is 11.8 Å². The third-order valence-corrected chi connectivity index (χ3v) is 5.60. The third-order valence-electron chi connectivity index (χ3n) is 5.60. The highest BCUT2D eigenvalue weighted by molar-refractivity contribution is 5.83. The Hall–Kier alpha value is -2.49. The Morgan fingerprint density at radius 1 is 1.00 bits per heavy atom. The second-order valence-electron chi connectivity index (χ2n) is 7.98. The summed E-state index contributed by atoms with van der Waals surface area (Å²) in [7, 11) is 2.09. The van der Waals surface area contributed by atoms with Crippen LogP contribution in [0.4, 0.5) is 11.4 Å². The van der Waals surface area contributed by atoms with E-state index in [0.29, 0.717) is 12.6 Å². The molecule has 4 heteroatoms. The smallest absolute Gasteiger partial charge is 0.239 e. The topological polar surface area (TPSA) is 44.4 Å². The van der Waals surface area contributed by atoms with Crippen LogP contribution in [0.1, 0.15) is 31.2 Å². The molecule has 0 heterocycles. The minimum absolute atomic E-state index is 0.110. The Balaban J connectivity index is 1.35. The molecule has 2 N–H and O–H groups in total. The van der Waals surface area contributed by atoms with Crippen molar-refractivity contribution in [3.8, 4) is 0 Å². The van der Waals surface area contributed by atoms with Crippen LogP contribution in [0.15, 0.2) is 54.6 Å². The van der Waals surface area contributed by atoms with E-state index >= 15 is 0 Å². The van der Waals surface area contributed by atoms with Crippen LogP contribution in [0.3, 0.4) is 0 Å². The van der Waals surface area contributed by atoms with E-state index in [0.717, 1.165) is 29.8 Å². The van der Waals surface area contributed by atoms with Crippen LogP contribution in [0.25, 0.3) is 0 Å². The van der Waals surface area contributed by atoms with Crippen molar-refractivity contribution in [3.05, 3.63) is 60.2 Å². The fourth-order valence-electron chi connectivity index (χ4n) is 3.84. The molecular weight excluding hydrogens is 334 g/mol. The molecular formula is C23H29N3O. The SMILES string of the molecule is CN(Cc1ccccc1)c1ccccc1NCC(=O)NC(C1CC1)C1CC1. The first kappa shape index (κ1) is 17.9. The summed E-state index contributed by atoms with van der Waals surface area (Å²) in [5.41, 5.74) is 3.37. The van der Waals surface area contributed by atoms with E-state index in [1.165, 1.54) is 31.2 Å². The molecule has 1 amide bonds. The Bertz CT molecular complexity index is 756. The molecule has 0 spiro atoms. The van der Waals surface area contributed by atoms with Crippen molar-refractivity contribution in [2.75, 3.05) is 23.8 Å². The minimum Gasteiger partial charge on any atom is -0.374 e. The van der Waals surface area contributed by atoms with Gasteiger partial charge >= 0.3 is 0 Å². The first-order valence-corrected chi connectivity index (χ1v) is 10.1. The molecule has 2 aliphatic rings. The number of hydrogen-bond donors (Lipinski definition) is 2. The van der Waals surface area contributed by atoms with Gasteiger partial charge in [-0.15, -0.1) is 0 Å². The summed E-state index contributed by atoms with van der Waals surface area (Å²) in [4.78, 5) is 14.7. The molecule has 2 aromatic carbocycles. The van der Waals surface area contributed by atoms with E-state index in [1.54, 1.807) is 0 Å². The van der Waals surface area contributed by atoms with Gasteiger partial charge in [0.05, 0.1) is 17.9 Å². The van der Waals surface area contributed by atoms with Gasteiger partial charge in [-0.1, -0.05) is 42.5 Å². The molecule has 2 fully saturated rings. The van der Waals surface area contributed by atoms with Crippen LogP contribution in [-0.4, -0.2) is 25.5 Å². The van der Waals surface area contributed by atoms with E-state index in [9.17, 15) is 4.79 Å². The molecule has 0 aromatic heterocycles. The summed E-state index contributed by atoms with van der Waals surface area (Å²) in [5, 5.41) is 6.63. The van der Waals surface area contributed by atoms with Gasteiger partial charge in [-0.25, -0.2) is 0 Å². The van der Waals surface area contributed by atoms with Crippen LogP contribution >= 0.6 is 0 Å². The largest absolute Gasteiger partial charge is 0.374 e. The van der Waals surface area contributed by atoms with Crippen molar-refractivity contribution in [3.63, 3.8) is 0 Å². The number of amides is 1. The molecule has 27 heavy (non-hydrogen) atoms. The monoisotopic (exact) mass is 363 g/mol. The average molecular weight is 364 g/mol. The van der Waals surface area contributed by atoms with Crippen molar-refractivity contribution < 1.29 is 4.79 Å². The van der Waals surface area contributed by atoms with Gasteiger partial charge in [-0.05, 0) is 55.2 Å². The van der Waals surface area contributed by atoms with Crippen LogP contribution in [0.5, 0.6) is 0 Å². The molecule has 0 unspecified atom stereocenters. The maximum absolute atomic E-state index is 12.5. The lowest BCUT2D eigenvalue weighted by Gasteiger charge is -2.23. The van der Waals surface area contributed by atoms with Crippen LogP contribution in [0.2, 0.25) is 0 Å². The van der Waals surface area contributed by atoms with Gasteiger partial charge in [0, 0.05) is 19.6 Å². The van der Waals surface area contributed by atoms with E-state index in [2.05, 4.69) is 52.9 Å². The zero-order valence-corrected chi connectivity index (χ0v) is 16.0. The maximum Gasteiger partial charge on any atom is 0.239 e. The highest BCUT2D eigenvalue weighted by Gasteiger charge is 2.42. The second-order valence-corrected chi connectivity index (χ2v) is 7.98. The van der Waals surface area contributed by atoms with Gasteiger partial charge < -0.3 is 15.5 Å². The van der Waals surface area contributed by atoms with Crippen molar-refractivity contribution in [2.24, 2.45) is 11.8 Å². The molecule has 0 atom stereocenters. The van der Waals surface area contributed by atoms with Gasteiger partial charge in [-0.3, -0.25) is 4.79 Å². The predicted octanol–water partition coefficient (Wildman–Crippen LogP) is 4.04. The van der Waals surface area contributed by atoms with Gasteiger partial charge in [0.1, 0.15) is 0 Å². The highest BCUT2D eigenvalue weighted by atomic mass is 16.2. The van der Waals surface area contributed by atoms with Crippen LogP contribution in [-0.2, 0) is 11.3 Å². The van der Waals surface area contributed by atoms with Crippen molar-refractivity contribution >= 4 is 17.3 Å². The minimum atomic E-state index is 0.110. The van der Waals surface area contributed by atoms with Gasteiger partial charge in [0.2, 0.25) is 5.91 Å². The molecule has 2 aliphatic carbocycles. The Labute approximate surface area is 162 Å². The lowest BCUT2D eigenvalue weighted by atomic mass is 10.1. The fraction of sp³-hybridized carbons (Fsp3) is 0.435. The summed E-state index contributed by atoms with van der Waals surface area (Å²) < 4.78 is 0. The van der Waals surface area contributed by atoms with Crippen molar-refractivity contribution in [2.45, 2.75) is 38.3 Å². The number of nitrogens with one attached hydrogen (secondary N) is 2. The molecule has 142 valence electrons. The molecule has 0 bridgehead atoms. The molecule has 2 saturated carbocycles. The van der Waals surface area contributed by atoms with E-state index in [4.69, 9.17) is 0 Å². The zero-order valence-electron chi connectivity index (χ0n) is 16.0. The number of benzene rings is 2. The average Bonchev–Trinajstić information content (AvgIpc) is 3.58. The number of carbonyl (C=O) groups excluding carboxylic acids is 1. The second kappa shape index (κ2) is 8.03. The molecule has 4 rings (SSSR count). The third kappa shape index (κ3) is 4.82. The van der Waals surface area contributed by atoms with Gasteiger partial charge in [0.25, 0.3) is 0 Å². The first-order chi connectivity index (χ1) is 13.2. The van der Waals surface area contributed by atoms with Crippen molar-refractivity contribution in [1.29, 1.82) is 0 Å². The molecule has 0 radical (unpaired) electrons. The molecule has 0 aliphatic heterocycles. The summed E-state index contributed by atoms with van der Waals surface area (Å²) in [6, 6.07) is 19.0. The first-order valence-electron chi connectivity index (χ1n) is 10.1. The number of para-hydroxylation sites is 2. The molecule has 0 saturated heterocycles. The zero-order chi connectivity index (χ0) is 18.6. The van der Waals surface area contributed by atoms with E-state index < -0.39 is 0 Å². The van der Waals surface area contributed by atoms with Gasteiger partial charge in [0.15, 0.2) is 0 Å². The Morgan fingerprint density at radius 3 is 2.30 bits per heavy atom. The number of rotatable bonds is 9. The lowest BCUT2D eigenvalue weighted by molar-refractivity contribution is -0.120. The summed E-state index contributed by atoms with van der Waals surface area (Å²) in [6.07, 6.45) is 5.12. The number of anilines is 2. The predicted molar refractivity (Wildman–Crippen MR) is 111 cm³/mol. The summed E-state index contributed by atoms with van der Waals surface area (Å²) in [6.45, 7) is 1.16. The number of nitrogens with zero attached hydrogens (tertiary/aromatic N) is 1. The lowest BCUT2D eigenvalue weighted by Crippen LogP contribution is -2.41. The summed E-state index contributed by atoms with van der Waals surface area (Å²) >= 11 is 0. The fourth-order valence-corrected chi connectivity index (χ4v) is 3.84. The van der Waals surface area contributed by atoms with Gasteiger partial charge in [-0.2, -0.15) is 0 Å². The van der Waals surface area contributed by atoms with E-state index in [-0.39, 0.29) is 5.91 Å². The van der Waals surface area contributed by atoms with Crippen LogP contribution < -0.4 is 15.5 Å². The quantitative estimate of drug-likeness (QED) is 0.707. The molecule has 2 aromatic rings. The van der Waals surface area contributed by atoms with E-state index in [1.807, 2.05) is 24.3 Å². The Morgan fingerprint density at radius 2 is 1.63 bits per heavy atom. The summed E-state index contributed by atoms with van der Waals surface area (Å²) in [5.74, 6) is 1.57. The number of hydrogen-bond acceptors (Lipinski definition) is 3. The number of carbonyl (C=O) groups is 1. The Kier molecular flexibility index (Phi) is 5.33. The maximum atomic E-state index is 12.5. The standard InChI is InChI=1S/C23H29N3O/c1-26(16-17-7-3-2-4-8-17)21-10-6-5-9-20(21)24-15-22(27)25-23(18-11-12-18)19-13-14-19/h2-10,18-19,23-24H,11-16H2,1H3,(H,25,27). The van der Waals surface area contributed by atoms with Crippen molar-refractivity contribution in [1.82, 2.24) is 5.32 Å². The molecule has 4 nitrogen and oxygen atoms in total.